The monoisotopic (exact) mass is 403 g/mol. The second-order valence-electron chi connectivity index (χ2n) is 6.79. The maximum atomic E-state index is 12.5. The van der Waals surface area contributed by atoms with E-state index in [1.54, 1.807) is 13.8 Å². The molecular weight excluding hydrogens is 378 g/mol. The van der Waals surface area contributed by atoms with Gasteiger partial charge in [-0.2, -0.15) is 0 Å². The summed E-state index contributed by atoms with van der Waals surface area (Å²) in [5, 5.41) is 0. The number of nitrogens with zero attached hydrogens (tertiary/aromatic N) is 2. The van der Waals surface area contributed by atoms with Crippen LogP contribution in [-0.4, -0.2) is 60.6 Å². The van der Waals surface area contributed by atoms with Crippen LogP contribution in [0.4, 0.5) is 5.69 Å². The number of sulfonamides is 2. The van der Waals surface area contributed by atoms with Gasteiger partial charge in [-0.05, 0) is 57.7 Å². The fraction of sp³-hybridized carbons (Fsp3) is 0.562. The van der Waals surface area contributed by atoms with Gasteiger partial charge >= 0.3 is 0 Å². The SMILES string of the molecule is Cc1cc(N2C(=O)C(C)CS2(=O)=O)ccc1S(=O)(=O)NCCCN(C)C. The lowest BCUT2D eigenvalue weighted by atomic mass is 10.2. The number of hydrogen-bond donors (Lipinski definition) is 1. The number of rotatable bonds is 7. The summed E-state index contributed by atoms with van der Waals surface area (Å²) in [5.74, 6) is -1.35. The zero-order valence-corrected chi connectivity index (χ0v) is 17.0. The summed E-state index contributed by atoms with van der Waals surface area (Å²) in [6, 6.07) is 4.11. The smallest absolute Gasteiger partial charge is 0.244 e. The van der Waals surface area contributed by atoms with E-state index in [9.17, 15) is 21.6 Å². The quantitative estimate of drug-likeness (QED) is 0.667. The molecule has 0 aliphatic carbocycles. The van der Waals surface area contributed by atoms with Gasteiger partial charge < -0.3 is 4.90 Å². The highest BCUT2D eigenvalue weighted by molar-refractivity contribution is 7.94. The molecule has 1 aliphatic rings. The lowest BCUT2D eigenvalue weighted by molar-refractivity contribution is -0.119. The van der Waals surface area contributed by atoms with E-state index in [0.717, 1.165) is 10.8 Å². The van der Waals surface area contributed by atoms with Crippen LogP contribution in [0.1, 0.15) is 18.9 Å². The molecule has 1 heterocycles. The lowest BCUT2D eigenvalue weighted by Crippen LogP contribution is -2.31. The second kappa shape index (κ2) is 7.63. The van der Waals surface area contributed by atoms with Gasteiger partial charge in [-0.1, -0.05) is 6.92 Å². The number of nitrogens with one attached hydrogen (secondary N) is 1. The van der Waals surface area contributed by atoms with Crippen molar-refractivity contribution in [2.24, 2.45) is 5.92 Å². The van der Waals surface area contributed by atoms with Crippen LogP contribution in [0.5, 0.6) is 0 Å². The Labute approximate surface area is 155 Å². The second-order valence-corrected chi connectivity index (χ2v) is 10.4. The first-order valence-corrected chi connectivity index (χ1v) is 11.4. The van der Waals surface area contributed by atoms with Crippen LogP contribution < -0.4 is 9.03 Å². The average Bonchev–Trinajstić information content (AvgIpc) is 2.71. The molecule has 1 aromatic carbocycles. The van der Waals surface area contributed by atoms with E-state index >= 15 is 0 Å². The maximum absolute atomic E-state index is 12.5. The Bertz CT molecular complexity index is 894. The maximum Gasteiger partial charge on any atom is 0.244 e. The molecule has 1 aromatic rings. The molecule has 146 valence electrons. The van der Waals surface area contributed by atoms with Crippen LogP contribution in [0.25, 0.3) is 0 Å². The molecule has 1 fully saturated rings. The first kappa shape index (κ1) is 20.8. The Hall–Kier alpha value is -1.49. The molecule has 2 rings (SSSR count). The number of carbonyl (C=O) groups is 1. The van der Waals surface area contributed by atoms with E-state index < -0.39 is 31.9 Å². The van der Waals surface area contributed by atoms with Crippen LogP contribution in [0.3, 0.4) is 0 Å². The van der Waals surface area contributed by atoms with Crippen LogP contribution in [0.15, 0.2) is 23.1 Å². The first-order valence-electron chi connectivity index (χ1n) is 8.27. The van der Waals surface area contributed by atoms with Gasteiger partial charge in [0.25, 0.3) is 0 Å². The van der Waals surface area contributed by atoms with E-state index in [2.05, 4.69) is 4.72 Å². The first-order chi connectivity index (χ1) is 12.0. The molecule has 0 saturated carbocycles. The van der Waals surface area contributed by atoms with Gasteiger partial charge in [-0.25, -0.2) is 25.9 Å². The predicted octanol–water partition coefficient (Wildman–Crippen LogP) is 0.538. The van der Waals surface area contributed by atoms with Gasteiger partial charge in [0.05, 0.1) is 22.3 Å². The standard InChI is InChI=1S/C16H25N3O5S2/c1-12-10-14(19-16(20)13(2)11-25(19,21)22)6-7-15(12)26(23,24)17-8-5-9-18(3)4/h6-7,10,13,17H,5,8-9,11H2,1-4H3. The lowest BCUT2D eigenvalue weighted by Gasteiger charge is -2.17. The molecular formula is C16H25N3O5S2. The van der Waals surface area contributed by atoms with Crippen LogP contribution >= 0.6 is 0 Å². The molecule has 1 atom stereocenters. The minimum absolute atomic E-state index is 0.0724. The Morgan fingerprint density at radius 1 is 1.31 bits per heavy atom. The summed E-state index contributed by atoms with van der Waals surface area (Å²) in [6.07, 6.45) is 0.668. The number of carbonyl (C=O) groups excluding carboxylic acids is 1. The highest BCUT2D eigenvalue weighted by Crippen LogP contribution is 2.30. The summed E-state index contributed by atoms with van der Waals surface area (Å²) >= 11 is 0. The summed E-state index contributed by atoms with van der Waals surface area (Å²) in [4.78, 5) is 14.2. The molecule has 0 bridgehead atoms. The van der Waals surface area contributed by atoms with Gasteiger partial charge in [-0.15, -0.1) is 0 Å². The average molecular weight is 404 g/mol. The van der Waals surface area contributed by atoms with Crippen molar-refractivity contribution in [1.82, 2.24) is 9.62 Å². The molecule has 1 unspecified atom stereocenters. The molecule has 1 saturated heterocycles. The van der Waals surface area contributed by atoms with Crippen molar-refractivity contribution >= 4 is 31.6 Å². The van der Waals surface area contributed by atoms with Crippen molar-refractivity contribution in [1.29, 1.82) is 0 Å². The van der Waals surface area contributed by atoms with E-state index in [4.69, 9.17) is 0 Å². The minimum atomic E-state index is -3.72. The molecule has 1 aliphatic heterocycles. The predicted molar refractivity (Wildman–Crippen MR) is 100.0 cm³/mol. The topological polar surface area (TPSA) is 104 Å². The van der Waals surface area contributed by atoms with Gasteiger partial charge in [0.1, 0.15) is 0 Å². The van der Waals surface area contributed by atoms with Gasteiger partial charge in [0, 0.05) is 6.54 Å². The number of aryl methyl sites for hydroxylation is 1. The van der Waals surface area contributed by atoms with Crippen LogP contribution in [0, 0.1) is 12.8 Å². The Kier molecular flexibility index (Phi) is 6.11. The van der Waals surface area contributed by atoms with Crippen molar-refractivity contribution < 1.29 is 21.6 Å². The molecule has 0 radical (unpaired) electrons. The van der Waals surface area contributed by atoms with Crippen LogP contribution in [0.2, 0.25) is 0 Å². The van der Waals surface area contributed by atoms with Gasteiger partial charge in [0.2, 0.25) is 26.0 Å². The fourth-order valence-electron chi connectivity index (χ4n) is 2.83. The van der Waals surface area contributed by atoms with E-state index in [-0.39, 0.29) is 16.3 Å². The summed E-state index contributed by atoms with van der Waals surface area (Å²) in [6.45, 7) is 4.20. The molecule has 8 nitrogen and oxygen atoms in total. The van der Waals surface area contributed by atoms with Gasteiger partial charge in [-0.3, -0.25) is 4.79 Å². The number of anilines is 1. The number of hydrogen-bond acceptors (Lipinski definition) is 6. The highest BCUT2D eigenvalue weighted by Gasteiger charge is 2.42. The van der Waals surface area contributed by atoms with Crippen molar-refractivity contribution in [2.45, 2.75) is 25.2 Å². The highest BCUT2D eigenvalue weighted by atomic mass is 32.2. The van der Waals surface area contributed by atoms with Crippen molar-refractivity contribution in [3.05, 3.63) is 23.8 Å². The van der Waals surface area contributed by atoms with E-state index in [1.165, 1.54) is 18.2 Å². The molecule has 0 aromatic heterocycles. The molecule has 1 amide bonds. The fourth-order valence-corrected chi connectivity index (χ4v) is 5.94. The van der Waals surface area contributed by atoms with Crippen molar-refractivity contribution in [3.63, 3.8) is 0 Å². The zero-order chi connectivity index (χ0) is 19.7. The third-order valence-electron chi connectivity index (χ3n) is 4.12. The van der Waals surface area contributed by atoms with Gasteiger partial charge in [0.15, 0.2) is 0 Å². The largest absolute Gasteiger partial charge is 0.309 e. The Morgan fingerprint density at radius 3 is 2.46 bits per heavy atom. The summed E-state index contributed by atoms with van der Waals surface area (Å²) in [7, 11) is -3.60. The molecule has 26 heavy (non-hydrogen) atoms. The van der Waals surface area contributed by atoms with E-state index in [0.29, 0.717) is 18.5 Å². The Morgan fingerprint density at radius 2 is 1.96 bits per heavy atom. The number of benzene rings is 1. The van der Waals surface area contributed by atoms with E-state index in [1.807, 2.05) is 19.0 Å². The molecule has 1 N–H and O–H groups in total. The van der Waals surface area contributed by atoms with Crippen molar-refractivity contribution in [3.8, 4) is 0 Å². The van der Waals surface area contributed by atoms with Crippen molar-refractivity contribution in [2.75, 3.05) is 37.2 Å². The molecule has 0 spiro atoms. The normalized spacial score (nSPS) is 20.1. The summed E-state index contributed by atoms with van der Waals surface area (Å²) in [5.41, 5.74) is 0.550. The third-order valence-corrected chi connectivity index (χ3v) is 7.61. The summed E-state index contributed by atoms with van der Waals surface area (Å²) < 4.78 is 52.6. The minimum Gasteiger partial charge on any atom is -0.309 e. The Balaban J connectivity index is 2.23. The molecule has 10 heteroatoms. The van der Waals surface area contributed by atoms with Crippen LogP contribution in [-0.2, 0) is 24.8 Å². The zero-order valence-electron chi connectivity index (χ0n) is 15.4. The third kappa shape index (κ3) is 4.43. The number of amides is 1.